The minimum Gasteiger partial charge on any atom is -0.382 e. The smallest absolute Gasteiger partial charge is 0.267 e. The standard InChI is InChI=1S/C17H21N3O2S/c1-11-16(23-12(2)18-11)17(21)20-14-5-3-13(4-6-14)19-15-7-9-22-10-8-15/h3-6,15,19H,7-10H2,1-2H3,(H,20,21). The van der Waals surface area contributed by atoms with E-state index in [1.165, 1.54) is 11.3 Å². The molecule has 0 unspecified atom stereocenters. The predicted molar refractivity (Wildman–Crippen MR) is 93.4 cm³/mol. The second kappa shape index (κ2) is 7.10. The molecule has 0 bridgehead atoms. The first-order valence-electron chi connectivity index (χ1n) is 7.81. The Labute approximate surface area is 140 Å². The van der Waals surface area contributed by atoms with Gasteiger partial charge < -0.3 is 15.4 Å². The van der Waals surface area contributed by atoms with Gasteiger partial charge in [0.1, 0.15) is 4.88 Å². The molecule has 2 heterocycles. The normalized spacial score (nSPS) is 15.4. The van der Waals surface area contributed by atoms with E-state index in [0.29, 0.717) is 10.9 Å². The molecule has 122 valence electrons. The summed E-state index contributed by atoms with van der Waals surface area (Å²) in [4.78, 5) is 17.2. The average molecular weight is 331 g/mol. The molecule has 1 aromatic carbocycles. The summed E-state index contributed by atoms with van der Waals surface area (Å²) in [7, 11) is 0. The summed E-state index contributed by atoms with van der Waals surface area (Å²) in [5.41, 5.74) is 2.64. The highest BCUT2D eigenvalue weighted by atomic mass is 32.1. The van der Waals surface area contributed by atoms with Gasteiger partial charge in [-0.2, -0.15) is 0 Å². The van der Waals surface area contributed by atoms with Crippen LogP contribution in [-0.4, -0.2) is 30.1 Å². The number of carbonyl (C=O) groups is 1. The number of nitrogens with one attached hydrogen (secondary N) is 2. The zero-order valence-electron chi connectivity index (χ0n) is 13.4. The molecule has 1 aliphatic heterocycles. The number of aromatic nitrogens is 1. The van der Waals surface area contributed by atoms with Crippen LogP contribution in [-0.2, 0) is 4.74 Å². The van der Waals surface area contributed by atoms with E-state index in [9.17, 15) is 4.79 Å². The molecule has 0 atom stereocenters. The summed E-state index contributed by atoms with van der Waals surface area (Å²) in [5.74, 6) is -0.0989. The molecule has 1 fully saturated rings. The third kappa shape index (κ3) is 4.09. The van der Waals surface area contributed by atoms with Gasteiger partial charge in [0.15, 0.2) is 0 Å². The summed E-state index contributed by atoms with van der Waals surface area (Å²) >= 11 is 1.42. The summed E-state index contributed by atoms with van der Waals surface area (Å²) in [6.45, 7) is 5.41. The second-order valence-electron chi connectivity index (χ2n) is 5.71. The Morgan fingerprint density at radius 3 is 2.43 bits per heavy atom. The largest absolute Gasteiger partial charge is 0.382 e. The SMILES string of the molecule is Cc1nc(C)c(C(=O)Nc2ccc(NC3CCOCC3)cc2)s1. The maximum absolute atomic E-state index is 12.3. The first-order chi connectivity index (χ1) is 11.1. The monoisotopic (exact) mass is 331 g/mol. The predicted octanol–water partition coefficient (Wildman–Crippen LogP) is 3.60. The van der Waals surface area contributed by atoms with Crippen LogP contribution in [0.2, 0.25) is 0 Å². The highest BCUT2D eigenvalue weighted by Crippen LogP contribution is 2.21. The fraction of sp³-hybridized carbons (Fsp3) is 0.412. The summed E-state index contributed by atoms with van der Waals surface area (Å²) in [5, 5.41) is 7.34. The van der Waals surface area contributed by atoms with Crippen LogP contribution in [0.3, 0.4) is 0 Å². The number of thiazole rings is 1. The molecule has 5 nitrogen and oxygen atoms in total. The molecule has 2 aromatic rings. The minimum atomic E-state index is -0.0989. The number of rotatable bonds is 4. The summed E-state index contributed by atoms with van der Waals surface area (Å²) in [6, 6.07) is 8.30. The first kappa shape index (κ1) is 16.0. The number of nitrogens with zero attached hydrogens (tertiary/aromatic N) is 1. The number of hydrogen-bond donors (Lipinski definition) is 2. The van der Waals surface area contributed by atoms with Crippen molar-refractivity contribution in [1.82, 2.24) is 4.98 Å². The zero-order chi connectivity index (χ0) is 16.2. The molecule has 2 N–H and O–H groups in total. The second-order valence-corrected chi connectivity index (χ2v) is 6.91. The Morgan fingerprint density at radius 1 is 1.17 bits per heavy atom. The van der Waals surface area contributed by atoms with Gasteiger partial charge >= 0.3 is 0 Å². The van der Waals surface area contributed by atoms with Crippen LogP contribution in [0.5, 0.6) is 0 Å². The van der Waals surface area contributed by atoms with Crippen molar-refractivity contribution < 1.29 is 9.53 Å². The lowest BCUT2D eigenvalue weighted by Crippen LogP contribution is -2.27. The number of ether oxygens (including phenoxy) is 1. The molecule has 0 saturated carbocycles. The average Bonchev–Trinajstić information content (AvgIpc) is 2.89. The van der Waals surface area contributed by atoms with E-state index in [1.807, 2.05) is 38.1 Å². The quantitative estimate of drug-likeness (QED) is 0.898. The van der Waals surface area contributed by atoms with Gasteiger partial charge in [0.05, 0.1) is 10.7 Å². The Kier molecular flexibility index (Phi) is 4.93. The van der Waals surface area contributed by atoms with Crippen molar-refractivity contribution in [1.29, 1.82) is 0 Å². The lowest BCUT2D eigenvalue weighted by Gasteiger charge is -2.24. The van der Waals surface area contributed by atoms with E-state index in [2.05, 4.69) is 15.6 Å². The molecular weight excluding hydrogens is 310 g/mol. The molecule has 0 radical (unpaired) electrons. The first-order valence-corrected chi connectivity index (χ1v) is 8.63. The molecule has 23 heavy (non-hydrogen) atoms. The topological polar surface area (TPSA) is 63.2 Å². The lowest BCUT2D eigenvalue weighted by atomic mass is 10.1. The number of hydrogen-bond acceptors (Lipinski definition) is 5. The van der Waals surface area contributed by atoms with Crippen molar-refractivity contribution in [2.45, 2.75) is 32.7 Å². The Morgan fingerprint density at radius 2 is 1.83 bits per heavy atom. The van der Waals surface area contributed by atoms with Crippen LogP contribution in [0, 0.1) is 13.8 Å². The Bertz CT molecular complexity index is 676. The molecule has 1 saturated heterocycles. The van der Waals surface area contributed by atoms with Crippen molar-refractivity contribution in [3.8, 4) is 0 Å². The van der Waals surface area contributed by atoms with Crippen LogP contribution >= 0.6 is 11.3 Å². The van der Waals surface area contributed by atoms with E-state index >= 15 is 0 Å². The number of benzene rings is 1. The van der Waals surface area contributed by atoms with E-state index in [1.54, 1.807) is 0 Å². The van der Waals surface area contributed by atoms with Crippen molar-refractivity contribution in [2.75, 3.05) is 23.8 Å². The zero-order valence-corrected chi connectivity index (χ0v) is 14.2. The molecular formula is C17H21N3O2S. The van der Waals surface area contributed by atoms with Crippen LogP contribution < -0.4 is 10.6 Å². The summed E-state index contributed by atoms with van der Waals surface area (Å²) in [6.07, 6.45) is 2.06. The molecule has 1 aromatic heterocycles. The fourth-order valence-electron chi connectivity index (χ4n) is 2.66. The highest BCUT2D eigenvalue weighted by Gasteiger charge is 2.15. The van der Waals surface area contributed by atoms with Crippen molar-refractivity contribution >= 4 is 28.6 Å². The molecule has 3 rings (SSSR count). The molecule has 0 aliphatic carbocycles. The molecule has 6 heteroatoms. The minimum absolute atomic E-state index is 0.0989. The third-order valence-electron chi connectivity index (χ3n) is 3.84. The summed E-state index contributed by atoms with van der Waals surface area (Å²) < 4.78 is 5.36. The van der Waals surface area contributed by atoms with Gasteiger partial charge in [0.2, 0.25) is 0 Å². The molecule has 1 aliphatic rings. The van der Waals surface area contributed by atoms with Gasteiger partial charge in [-0.15, -0.1) is 11.3 Å². The van der Waals surface area contributed by atoms with Crippen LogP contribution in [0.25, 0.3) is 0 Å². The van der Waals surface area contributed by atoms with Crippen LogP contribution in [0.1, 0.15) is 33.2 Å². The van der Waals surface area contributed by atoms with Crippen LogP contribution in [0.4, 0.5) is 11.4 Å². The third-order valence-corrected chi connectivity index (χ3v) is 4.92. The van der Waals surface area contributed by atoms with Gasteiger partial charge in [-0.1, -0.05) is 0 Å². The van der Waals surface area contributed by atoms with Crippen molar-refractivity contribution in [2.24, 2.45) is 0 Å². The van der Waals surface area contributed by atoms with Gasteiger partial charge in [-0.25, -0.2) is 4.98 Å². The number of amides is 1. The van der Waals surface area contributed by atoms with E-state index in [-0.39, 0.29) is 5.91 Å². The van der Waals surface area contributed by atoms with Gasteiger partial charge in [-0.05, 0) is 51.0 Å². The van der Waals surface area contributed by atoms with E-state index < -0.39 is 0 Å². The van der Waals surface area contributed by atoms with Crippen molar-refractivity contribution in [3.63, 3.8) is 0 Å². The van der Waals surface area contributed by atoms with Crippen LogP contribution in [0.15, 0.2) is 24.3 Å². The lowest BCUT2D eigenvalue weighted by molar-refractivity contribution is 0.0904. The number of aryl methyl sites for hydroxylation is 2. The Hall–Kier alpha value is -1.92. The fourth-order valence-corrected chi connectivity index (χ4v) is 3.47. The highest BCUT2D eigenvalue weighted by molar-refractivity contribution is 7.13. The Balaban J connectivity index is 1.60. The van der Waals surface area contributed by atoms with E-state index in [4.69, 9.17) is 4.74 Å². The van der Waals surface area contributed by atoms with Gasteiger partial charge in [0, 0.05) is 30.6 Å². The van der Waals surface area contributed by atoms with Gasteiger partial charge in [-0.3, -0.25) is 4.79 Å². The van der Waals surface area contributed by atoms with Gasteiger partial charge in [0.25, 0.3) is 5.91 Å². The number of anilines is 2. The maximum Gasteiger partial charge on any atom is 0.267 e. The maximum atomic E-state index is 12.3. The molecule has 1 amide bonds. The molecule has 0 spiro atoms. The van der Waals surface area contributed by atoms with Crippen molar-refractivity contribution in [3.05, 3.63) is 39.8 Å². The number of carbonyl (C=O) groups excluding carboxylic acids is 1. The van der Waals surface area contributed by atoms with E-state index in [0.717, 1.165) is 48.1 Å².